The van der Waals surface area contributed by atoms with Gasteiger partial charge in [0.25, 0.3) is 0 Å². The van der Waals surface area contributed by atoms with Crippen LogP contribution in [0.15, 0.2) is 24.3 Å². The van der Waals surface area contributed by atoms with Gasteiger partial charge in [-0.25, -0.2) is 0 Å². The molecule has 0 aliphatic heterocycles. The fourth-order valence-electron chi connectivity index (χ4n) is 3.01. The number of hydrogen-bond acceptors (Lipinski definition) is 3. The largest absolute Gasteiger partial charge is 0.497 e. The van der Waals surface area contributed by atoms with Gasteiger partial charge < -0.3 is 10.5 Å². The van der Waals surface area contributed by atoms with Crippen molar-refractivity contribution in [1.82, 2.24) is 0 Å². The van der Waals surface area contributed by atoms with Crippen LogP contribution in [0.3, 0.4) is 0 Å². The average Bonchev–Trinajstić information content (AvgIpc) is 3.04. The highest BCUT2D eigenvalue weighted by atomic mass is 32.1. The summed E-state index contributed by atoms with van der Waals surface area (Å²) in [6.07, 6.45) is 5.12. The van der Waals surface area contributed by atoms with Crippen molar-refractivity contribution in [2.45, 2.75) is 31.1 Å². The molecule has 18 heavy (non-hydrogen) atoms. The Hall–Kier alpha value is -1.06. The quantitative estimate of drug-likeness (QED) is 0.914. The number of ether oxygens (including phenoxy) is 1. The Bertz CT molecular complexity index is 555. The Labute approximate surface area is 112 Å². The van der Waals surface area contributed by atoms with E-state index in [0.717, 1.165) is 12.3 Å². The van der Waals surface area contributed by atoms with E-state index in [4.69, 9.17) is 10.5 Å². The fourth-order valence-corrected chi connectivity index (χ4v) is 4.31. The molecule has 2 N–H and O–H groups in total. The van der Waals surface area contributed by atoms with Crippen molar-refractivity contribution in [2.75, 3.05) is 13.7 Å². The maximum atomic E-state index is 6.06. The molecule has 1 saturated carbocycles. The lowest BCUT2D eigenvalue weighted by molar-refractivity contribution is 0.415. The first-order valence-electron chi connectivity index (χ1n) is 6.55. The van der Waals surface area contributed by atoms with Crippen LogP contribution in [0, 0.1) is 0 Å². The van der Waals surface area contributed by atoms with Gasteiger partial charge in [-0.15, -0.1) is 11.3 Å². The van der Waals surface area contributed by atoms with Crippen molar-refractivity contribution in [1.29, 1.82) is 0 Å². The molecule has 0 saturated heterocycles. The first-order valence-corrected chi connectivity index (χ1v) is 7.37. The molecule has 96 valence electrons. The molecule has 1 aromatic carbocycles. The van der Waals surface area contributed by atoms with E-state index in [9.17, 15) is 0 Å². The summed E-state index contributed by atoms with van der Waals surface area (Å²) in [5.41, 5.74) is 6.31. The van der Waals surface area contributed by atoms with Gasteiger partial charge in [-0.3, -0.25) is 0 Å². The number of rotatable bonds is 3. The highest BCUT2D eigenvalue weighted by Crippen LogP contribution is 2.45. The predicted octanol–water partition coefficient (Wildman–Crippen LogP) is 3.68. The SMILES string of the molecule is COc1ccc2sc(C3(CN)CCCC3)cc2c1. The number of fused-ring (bicyclic) bond motifs is 1. The molecule has 1 fully saturated rings. The molecule has 1 aliphatic rings. The van der Waals surface area contributed by atoms with E-state index < -0.39 is 0 Å². The summed E-state index contributed by atoms with van der Waals surface area (Å²) < 4.78 is 6.63. The van der Waals surface area contributed by atoms with Gasteiger partial charge in [0.05, 0.1) is 7.11 Å². The number of methoxy groups -OCH3 is 1. The average molecular weight is 261 g/mol. The molecular formula is C15H19NOS. The number of hydrogen-bond donors (Lipinski definition) is 1. The third kappa shape index (κ3) is 1.82. The third-order valence-corrected chi connectivity index (χ3v) is 5.56. The molecule has 3 heteroatoms. The second kappa shape index (κ2) is 4.56. The van der Waals surface area contributed by atoms with Crippen LogP contribution >= 0.6 is 11.3 Å². The molecule has 0 spiro atoms. The highest BCUT2D eigenvalue weighted by Gasteiger charge is 2.35. The van der Waals surface area contributed by atoms with Gasteiger partial charge in [-0.05, 0) is 42.5 Å². The topological polar surface area (TPSA) is 35.2 Å². The molecular weight excluding hydrogens is 242 g/mol. The van der Waals surface area contributed by atoms with Gasteiger partial charge in [0, 0.05) is 21.5 Å². The van der Waals surface area contributed by atoms with Crippen LogP contribution in [0.5, 0.6) is 5.75 Å². The van der Waals surface area contributed by atoms with Crippen LogP contribution in [-0.2, 0) is 5.41 Å². The Morgan fingerprint density at radius 2 is 2.06 bits per heavy atom. The molecule has 1 heterocycles. The maximum absolute atomic E-state index is 6.06. The van der Waals surface area contributed by atoms with Gasteiger partial charge >= 0.3 is 0 Å². The van der Waals surface area contributed by atoms with Crippen molar-refractivity contribution in [3.63, 3.8) is 0 Å². The van der Waals surface area contributed by atoms with Crippen LogP contribution < -0.4 is 10.5 Å². The van der Waals surface area contributed by atoms with E-state index in [2.05, 4.69) is 18.2 Å². The lowest BCUT2D eigenvalue weighted by Gasteiger charge is -2.25. The lowest BCUT2D eigenvalue weighted by atomic mass is 9.84. The van der Waals surface area contributed by atoms with Gasteiger partial charge in [-0.1, -0.05) is 12.8 Å². The molecule has 0 radical (unpaired) electrons. The van der Waals surface area contributed by atoms with Crippen LogP contribution in [0.2, 0.25) is 0 Å². The van der Waals surface area contributed by atoms with Crippen LogP contribution in [0.1, 0.15) is 30.6 Å². The van der Waals surface area contributed by atoms with Crippen molar-refractivity contribution < 1.29 is 4.74 Å². The zero-order valence-corrected chi connectivity index (χ0v) is 11.6. The minimum absolute atomic E-state index is 0.247. The Morgan fingerprint density at radius 3 is 2.72 bits per heavy atom. The van der Waals surface area contributed by atoms with Crippen molar-refractivity contribution >= 4 is 21.4 Å². The van der Waals surface area contributed by atoms with E-state index in [0.29, 0.717) is 0 Å². The Kier molecular flexibility index (Phi) is 3.04. The molecule has 0 bridgehead atoms. The molecule has 0 unspecified atom stereocenters. The van der Waals surface area contributed by atoms with Gasteiger partial charge in [-0.2, -0.15) is 0 Å². The minimum atomic E-state index is 0.247. The summed E-state index contributed by atoms with van der Waals surface area (Å²) in [5.74, 6) is 0.931. The first kappa shape index (κ1) is 12.0. The molecule has 1 aromatic heterocycles. The molecule has 0 atom stereocenters. The molecule has 0 amide bonds. The lowest BCUT2D eigenvalue weighted by Crippen LogP contribution is -2.30. The summed E-state index contributed by atoms with van der Waals surface area (Å²) in [6, 6.07) is 8.63. The normalized spacial score (nSPS) is 18.3. The van der Waals surface area contributed by atoms with Crippen LogP contribution in [0.25, 0.3) is 10.1 Å². The van der Waals surface area contributed by atoms with E-state index in [-0.39, 0.29) is 5.41 Å². The van der Waals surface area contributed by atoms with E-state index >= 15 is 0 Å². The maximum Gasteiger partial charge on any atom is 0.119 e. The fraction of sp³-hybridized carbons (Fsp3) is 0.467. The first-order chi connectivity index (χ1) is 8.77. The van der Waals surface area contributed by atoms with E-state index in [1.165, 1.54) is 40.6 Å². The molecule has 2 nitrogen and oxygen atoms in total. The third-order valence-electron chi connectivity index (χ3n) is 4.20. The number of thiophene rings is 1. The Balaban J connectivity index is 2.07. The summed E-state index contributed by atoms with van der Waals surface area (Å²) in [5, 5.41) is 1.29. The molecule has 3 rings (SSSR count). The zero-order chi connectivity index (χ0) is 12.6. The van der Waals surface area contributed by atoms with Crippen LogP contribution in [-0.4, -0.2) is 13.7 Å². The monoisotopic (exact) mass is 261 g/mol. The highest BCUT2D eigenvalue weighted by molar-refractivity contribution is 7.19. The minimum Gasteiger partial charge on any atom is -0.497 e. The van der Waals surface area contributed by atoms with Gasteiger partial charge in [0.15, 0.2) is 0 Å². The van der Waals surface area contributed by atoms with E-state index in [1.54, 1.807) is 7.11 Å². The second-order valence-electron chi connectivity index (χ2n) is 5.21. The summed E-state index contributed by atoms with van der Waals surface area (Å²) in [4.78, 5) is 1.46. The molecule has 1 aliphatic carbocycles. The second-order valence-corrected chi connectivity index (χ2v) is 6.29. The zero-order valence-electron chi connectivity index (χ0n) is 10.7. The van der Waals surface area contributed by atoms with E-state index in [1.807, 2.05) is 17.4 Å². The standard InChI is InChI=1S/C15H19NOS/c1-17-12-4-5-13-11(8-12)9-14(18-13)15(10-16)6-2-3-7-15/h4-5,8-9H,2-3,6-7,10,16H2,1H3. The summed E-state index contributed by atoms with van der Waals surface area (Å²) >= 11 is 1.90. The Morgan fingerprint density at radius 1 is 1.28 bits per heavy atom. The van der Waals surface area contributed by atoms with Crippen molar-refractivity contribution in [3.05, 3.63) is 29.1 Å². The van der Waals surface area contributed by atoms with Crippen molar-refractivity contribution in [2.24, 2.45) is 5.73 Å². The van der Waals surface area contributed by atoms with Gasteiger partial charge in [0.1, 0.15) is 5.75 Å². The number of nitrogens with two attached hydrogens (primary N) is 1. The van der Waals surface area contributed by atoms with Gasteiger partial charge in [0.2, 0.25) is 0 Å². The summed E-state index contributed by atoms with van der Waals surface area (Å²) in [7, 11) is 1.72. The number of benzene rings is 1. The smallest absolute Gasteiger partial charge is 0.119 e. The predicted molar refractivity (Wildman–Crippen MR) is 77.6 cm³/mol. The van der Waals surface area contributed by atoms with Crippen LogP contribution in [0.4, 0.5) is 0 Å². The van der Waals surface area contributed by atoms with Crippen molar-refractivity contribution in [3.8, 4) is 5.75 Å². The molecule has 2 aromatic rings. The summed E-state index contributed by atoms with van der Waals surface area (Å²) in [6.45, 7) is 0.775.